The van der Waals surface area contributed by atoms with E-state index in [1.54, 1.807) is 0 Å². The van der Waals surface area contributed by atoms with E-state index in [1.807, 2.05) is 0 Å². The highest BCUT2D eigenvalue weighted by Gasteiger charge is 2.25. The van der Waals surface area contributed by atoms with Gasteiger partial charge in [0.05, 0.1) is 0 Å². The number of aryl methyl sites for hydroxylation is 1. The molecule has 3 aliphatic rings. The molecule has 4 nitrogen and oxygen atoms in total. The maximum absolute atomic E-state index is 6.30. The highest BCUT2D eigenvalue weighted by molar-refractivity contribution is 5.70. The third kappa shape index (κ3) is 4.83. The van der Waals surface area contributed by atoms with Gasteiger partial charge in [-0.2, -0.15) is 0 Å². The fraction of sp³-hybridized carbons (Fsp3) is 0.278. The maximum atomic E-state index is 6.30. The normalized spacial score (nSPS) is 18.2. The van der Waals surface area contributed by atoms with Crippen molar-refractivity contribution >= 4 is 16.9 Å². The summed E-state index contributed by atoms with van der Waals surface area (Å²) in [6.45, 7) is 5.20. The number of ether oxygens (including phenoxy) is 2. The minimum absolute atomic E-state index is 0.543. The lowest BCUT2D eigenvalue weighted by molar-refractivity contribution is 0.286. The average Bonchev–Trinajstić information content (AvgIpc) is 3.04. The smallest absolute Gasteiger partial charge is 0.161 e. The molecular weight excluding hydrogens is 492 g/mol. The van der Waals surface area contributed by atoms with Gasteiger partial charge in [0.1, 0.15) is 11.5 Å². The maximum Gasteiger partial charge on any atom is 0.161 e. The Hall–Kier alpha value is -4.18. The molecule has 0 saturated carbocycles. The van der Waals surface area contributed by atoms with E-state index >= 15 is 0 Å². The summed E-state index contributed by atoms with van der Waals surface area (Å²) in [5.41, 5.74) is 10.6. The third-order valence-electron chi connectivity index (χ3n) is 8.67. The molecule has 40 heavy (non-hydrogen) atoms. The SMILES string of the molecule is CCc1cc(C2=CCC(c3ccc4c(c3)CN(c3ccccc3)CO4)CC2)cc2c1OCN(c1ccccc1)C2. The Bertz CT molecular complexity index is 1530. The van der Waals surface area contributed by atoms with Crippen LogP contribution >= 0.6 is 0 Å². The number of hydrogen-bond donors (Lipinski definition) is 0. The van der Waals surface area contributed by atoms with Crippen LogP contribution in [0.15, 0.2) is 97.1 Å². The summed E-state index contributed by atoms with van der Waals surface area (Å²) in [6.07, 6.45) is 6.80. The second-order valence-corrected chi connectivity index (χ2v) is 11.2. The lowest BCUT2D eigenvalue weighted by atomic mass is 9.81. The molecule has 0 spiro atoms. The summed E-state index contributed by atoms with van der Waals surface area (Å²) in [5.74, 6) is 2.66. The van der Waals surface area contributed by atoms with Crippen LogP contribution in [-0.2, 0) is 19.5 Å². The van der Waals surface area contributed by atoms with Crippen LogP contribution in [0.5, 0.6) is 11.5 Å². The minimum Gasteiger partial charge on any atom is -0.473 e. The van der Waals surface area contributed by atoms with Crippen LogP contribution in [0.3, 0.4) is 0 Å². The minimum atomic E-state index is 0.543. The molecule has 0 N–H and O–H groups in total. The van der Waals surface area contributed by atoms with E-state index in [-0.39, 0.29) is 0 Å². The molecule has 202 valence electrons. The Morgan fingerprint density at radius 1 is 0.750 bits per heavy atom. The first kappa shape index (κ1) is 24.8. The average molecular weight is 529 g/mol. The van der Waals surface area contributed by atoms with E-state index in [4.69, 9.17) is 9.47 Å². The van der Waals surface area contributed by atoms with Crippen molar-refractivity contribution < 1.29 is 9.47 Å². The van der Waals surface area contributed by atoms with Gasteiger partial charge in [0.25, 0.3) is 0 Å². The molecule has 1 aliphatic carbocycles. The molecule has 2 aliphatic heterocycles. The number of fused-ring (bicyclic) bond motifs is 2. The van der Waals surface area contributed by atoms with Gasteiger partial charge < -0.3 is 19.3 Å². The molecule has 1 unspecified atom stereocenters. The van der Waals surface area contributed by atoms with Crippen molar-refractivity contribution in [2.24, 2.45) is 0 Å². The molecule has 4 aromatic rings. The zero-order valence-corrected chi connectivity index (χ0v) is 23.2. The van der Waals surface area contributed by atoms with Crippen LogP contribution in [0.1, 0.15) is 59.9 Å². The summed E-state index contributed by atoms with van der Waals surface area (Å²) in [7, 11) is 0. The van der Waals surface area contributed by atoms with Gasteiger partial charge >= 0.3 is 0 Å². The number of anilines is 2. The molecule has 1 atom stereocenters. The molecule has 0 saturated heterocycles. The monoisotopic (exact) mass is 528 g/mol. The molecule has 4 heteroatoms. The van der Waals surface area contributed by atoms with Gasteiger partial charge in [-0.1, -0.05) is 61.5 Å². The summed E-state index contributed by atoms with van der Waals surface area (Å²) in [4.78, 5) is 4.62. The van der Waals surface area contributed by atoms with Crippen LogP contribution in [0.4, 0.5) is 11.4 Å². The van der Waals surface area contributed by atoms with Crippen molar-refractivity contribution in [1.82, 2.24) is 0 Å². The molecule has 0 aromatic heterocycles. The number of nitrogens with zero attached hydrogens (tertiary/aromatic N) is 2. The van der Waals surface area contributed by atoms with E-state index in [2.05, 4.69) is 114 Å². The van der Waals surface area contributed by atoms with Crippen LogP contribution < -0.4 is 19.3 Å². The van der Waals surface area contributed by atoms with Crippen molar-refractivity contribution in [3.8, 4) is 11.5 Å². The molecule has 0 amide bonds. The second-order valence-electron chi connectivity index (χ2n) is 11.2. The summed E-state index contributed by atoms with van der Waals surface area (Å²) in [5, 5.41) is 0. The Labute approximate surface area is 237 Å². The number of para-hydroxylation sites is 2. The molecular formula is C36H36N2O2. The highest BCUT2D eigenvalue weighted by atomic mass is 16.5. The largest absolute Gasteiger partial charge is 0.473 e. The van der Waals surface area contributed by atoms with E-state index < -0.39 is 0 Å². The quantitative estimate of drug-likeness (QED) is 0.260. The topological polar surface area (TPSA) is 24.9 Å². The van der Waals surface area contributed by atoms with Crippen LogP contribution in [0.25, 0.3) is 5.57 Å². The second kappa shape index (κ2) is 10.8. The summed E-state index contributed by atoms with van der Waals surface area (Å²) < 4.78 is 12.4. The van der Waals surface area contributed by atoms with E-state index in [0.29, 0.717) is 19.4 Å². The van der Waals surface area contributed by atoms with Crippen molar-refractivity contribution in [3.05, 3.63) is 125 Å². The van der Waals surface area contributed by atoms with E-state index in [9.17, 15) is 0 Å². The predicted molar refractivity (Wildman–Crippen MR) is 163 cm³/mol. The van der Waals surface area contributed by atoms with Crippen molar-refractivity contribution in [3.63, 3.8) is 0 Å². The first-order valence-electron chi connectivity index (χ1n) is 14.6. The third-order valence-corrected chi connectivity index (χ3v) is 8.67. The van der Waals surface area contributed by atoms with Gasteiger partial charge in [-0.15, -0.1) is 0 Å². The molecule has 0 fully saturated rings. The zero-order valence-electron chi connectivity index (χ0n) is 23.2. The predicted octanol–water partition coefficient (Wildman–Crippen LogP) is 8.31. The lowest BCUT2D eigenvalue weighted by Gasteiger charge is -2.33. The van der Waals surface area contributed by atoms with Gasteiger partial charge in [-0.3, -0.25) is 0 Å². The summed E-state index contributed by atoms with van der Waals surface area (Å²) >= 11 is 0. The number of rotatable bonds is 5. The molecule has 4 aromatic carbocycles. The van der Waals surface area contributed by atoms with E-state index in [1.165, 1.54) is 51.2 Å². The van der Waals surface area contributed by atoms with Crippen LogP contribution in [0, 0.1) is 0 Å². The number of benzene rings is 4. The van der Waals surface area contributed by atoms with E-state index in [0.717, 1.165) is 43.9 Å². The summed E-state index contributed by atoms with van der Waals surface area (Å²) in [6, 6.07) is 32.7. The Morgan fingerprint density at radius 3 is 2.12 bits per heavy atom. The van der Waals surface area contributed by atoms with Gasteiger partial charge in [-0.25, -0.2) is 0 Å². The molecule has 7 rings (SSSR count). The Kier molecular flexibility index (Phi) is 6.68. The first-order valence-corrected chi connectivity index (χ1v) is 14.6. The Balaban J connectivity index is 1.09. The number of hydrogen-bond acceptors (Lipinski definition) is 4. The molecule has 0 radical (unpaired) electrons. The Morgan fingerprint density at radius 2 is 1.45 bits per heavy atom. The fourth-order valence-corrected chi connectivity index (χ4v) is 6.42. The molecule has 2 heterocycles. The van der Waals surface area contributed by atoms with Gasteiger partial charge in [-0.05, 0) is 96.3 Å². The van der Waals surface area contributed by atoms with Gasteiger partial charge in [0.15, 0.2) is 13.5 Å². The number of allylic oxidation sites excluding steroid dienone is 2. The highest BCUT2D eigenvalue weighted by Crippen LogP contribution is 2.41. The van der Waals surface area contributed by atoms with Crippen molar-refractivity contribution in [2.75, 3.05) is 23.3 Å². The van der Waals surface area contributed by atoms with Gasteiger partial charge in [0.2, 0.25) is 0 Å². The fourth-order valence-electron chi connectivity index (χ4n) is 6.42. The standard InChI is InChI=1S/C36H36N2O2/c1-2-26-19-30(21-32-23-38(25-40-36(26)32)34-11-7-4-8-12-34)28-15-13-27(14-16-28)29-17-18-35-31(20-29)22-37(24-39-35)33-9-5-3-6-10-33/h3-12,15,17-21,27H,2,13-14,16,22-25H2,1H3. The van der Waals surface area contributed by atoms with Crippen molar-refractivity contribution in [2.45, 2.75) is 51.6 Å². The van der Waals surface area contributed by atoms with Crippen molar-refractivity contribution in [1.29, 1.82) is 0 Å². The zero-order chi connectivity index (χ0) is 26.9. The first-order chi connectivity index (χ1) is 19.7. The lowest BCUT2D eigenvalue weighted by Crippen LogP contribution is -2.32. The molecule has 0 bridgehead atoms. The van der Waals surface area contributed by atoms with Crippen LogP contribution in [-0.4, -0.2) is 13.5 Å². The van der Waals surface area contributed by atoms with Crippen LogP contribution in [0.2, 0.25) is 0 Å². The van der Waals surface area contributed by atoms with Gasteiger partial charge in [0, 0.05) is 35.6 Å².